The van der Waals surface area contributed by atoms with Crippen LogP contribution in [0.1, 0.15) is 45.1 Å². The van der Waals surface area contributed by atoms with Crippen molar-refractivity contribution in [2.75, 3.05) is 7.11 Å². The van der Waals surface area contributed by atoms with Crippen molar-refractivity contribution in [3.63, 3.8) is 0 Å². The van der Waals surface area contributed by atoms with E-state index in [9.17, 15) is 0 Å². The summed E-state index contributed by atoms with van der Waals surface area (Å²) in [6.45, 7) is 4.48. The summed E-state index contributed by atoms with van der Waals surface area (Å²) in [4.78, 5) is 0. The Kier molecular flexibility index (Phi) is 7.99. The van der Waals surface area contributed by atoms with Gasteiger partial charge in [0.15, 0.2) is 6.29 Å². The van der Waals surface area contributed by atoms with Crippen molar-refractivity contribution < 1.29 is 9.47 Å². The average molecular weight is 262 g/mol. The zero-order valence-corrected chi connectivity index (χ0v) is 12.3. The number of methoxy groups -OCH3 is 1. The first kappa shape index (κ1) is 15.8. The molecule has 0 saturated carbocycles. The minimum atomic E-state index is -0.138. The van der Waals surface area contributed by atoms with Gasteiger partial charge in [-0.15, -0.1) is 0 Å². The van der Waals surface area contributed by atoms with E-state index in [2.05, 4.69) is 13.8 Å². The van der Waals surface area contributed by atoms with Gasteiger partial charge in [-0.25, -0.2) is 0 Å². The van der Waals surface area contributed by atoms with E-state index in [1.807, 2.05) is 36.4 Å². The van der Waals surface area contributed by atoms with Crippen LogP contribution < -0.4 is 0 Å². The van der Waals surface area contributed by atoms with Crippen molar-refractivity contribution in [2.45, 2.75) is 45.8 Å². The molecular formula is C17H26O2. The number of ether oxygens (including phenoxy) is 2. The molecule has 0 spiro atoms. The molecule has 0 aliphatic carbocycles. The Labute approximate surface area is 117 Å². The minimum absolute atomic E-state index is 0.138. The number of hydrogen-bond acceptors (Lipinski definition) is 2. The van der Waals surface area contributed by atoms with Crippen LogP contribution in [-0.2, 0) is 9.47 Å². The van der Waals surface area contributed by atoms with Gasteiger partial charge in [-0.1, -0.05) is 57.0 Å². The Morgan fingerprint density at radius 1 is 1.05 bits per heavy atom. The van der Waals surface area contributed by atoms with Crippen molar-refractivity contribution in [1.82, 2.24) is 0 Å². The predicted octanol–water partition coefficient (Wildman–Crippen LogP) is 4.86. The first-order valence-electron chi connectivity index (χ1n) is 7.20. The average Bonchev–Trinajstić information content (AvgIpc) is 2.47. The quantitative estimate of drug-likeness (QED) is 0.467. The highest BCUT2D eigenvalue weighted by atomic mass is 16.7. The normalized spacial score (nSPS) is 13.1. The molecule has 0 N–H and O–H groups in total. The summed E-state index contributed by atoms with van der Waals surface area (Å²) >= 11 is 0. The third-order valence-corrected chi connectivity index (χ3v) is 3.52. The van der Waals surface area contributed by atoms with Gasteiger partial charge in [0.2, 0.25) is 0 Å². The van der Waals surface area contributed by atoms with Gasteiger partial charge >= 0.3 is 0 Å². The molecule has 1 rings (SSSR count). The molecule has 2 heteroatoms. The monoisotopic (exact) mass is 262 g/mol. The SMILES string of the molecule is CCC(CC)CCC(OC)OC=Cc1ccccc1. The summed E-state index contributed by atoms with van der Waals surface area (Å²) in [7, 11) is 1.70. The fraction of sp³-hybridized carbons (Fsp3) is 0.529. The standard InChI is InChI=1S/C17H26O2/c1-4-15(5-2)11-12-17(18-3)19-14-13-16-9-7-6-8-10-16/h6-10,13-15,17H,4-5,11-12H2,1-3H3. The largest absolute Gasteiger partial charge is 0.473 e. The lowest BCUT2D eigenvalue weighted by Crippen LogP contribution is -2.14. The summed E-state index contributed by atoms with van der Waals surface area (Å²) in [5, 5.41) is 0. The van der Waals surface area contributed by atoms with Crippen LogP contribution in [0.5, 0.6) is 0 Å². The number of benzene rings is 1. The Balaban J connectivity index is 2.34. The molecule has 1 aromatic rings. The maximum absolute atomic E-state index is 5.63. The lowest BCUT2D eigenvalue weighted by atomic mass is 9.97. The van der Waals surface area contributed by atoms with Gasteiger partial charge < -0.3 is 9.47 Å². The third kappa shape index (κ3) is 6.44. The first-order valence-corrected chi connectivity index (χ1v) is 7.20. The maximum Gasteiger partial charge on any atom is 0.198 e. The molecule has 0 amide bonds. The highest BCUT2D eigenvalue weighted by Crippen LogP contribution is 2.17. The summed E-state index contributed by atoms with van der Waals surface area (Å²) in [6, 6.07) is 10.1. The van der Waals surface area contributed by atoms with Crippen molar-refractivity contribution in [3.05, 3.63) is 42.2 Å². The van der Waals surface area contributed by atoms with E-state index in [1.54, 1.807) is 13.4 Å². The molecule has 0 bridgehead atoms. The van der Waals surface area contributed by atoms with E-state index in [4.69, 9.17) is 9.47 Å². The molecule has 106 valence electrons. The van der Waals surface area contributed by atoms with E-state index in [-0.39, 0.29) is 6.29 Å². The van der Waals surface area contributed by atoms with Crippen LogP contribution in [0.4, 0.5) is 0 Å². The molecule has 0 aromatic heterocycles. The molecule has 0 radical (unpaired) electrons. The van der Waals surface area contributed by atoms with Crippen LogP contribution in [0.3, 0.4) is 0 Å². The van der Waals surface area contributed by atoms with E-state index < -0.39 is 0 Å². The molecule has 1 unspecified atom stereocenters. The molecule has 0 fully saturated rings. The van der Waals surface area contributed by atoms with E-state index >= 15 is 0 Å². The fourth-order valence-corrected chi connectivity index (χ4v) is 2.08. The molecule has 19 heavy (non-hydrogen) atoms. The minimum Gasteiger partial charge on any atom is -0.473 e. The van der Waals surface area contributed by atoms with Crippen LogP contribution in [0, 0.1) is 5.92 Å². The number of hydrogen-bond donors (Lipinski definition) is 0. The summed E-state index contributed by atoms with van der Waals surface area (Å²) in [5.74, 6) is 0.777. The first-order chi connectivity index (χ1) is 9.30. The summed E-state index contributed by atoms with van der Waals surface area (Å²) in [5.41, 5.74) is 1.14. The summed E-state index contributed by atoms with van der Waals surface area (Å²) in [6.07, 6.45) is 8.12. The lowest BCUT2D eigenvalue weighted by Gasteiger charge is -2.18. The van der Waals surface area contributed by atoms with Gasteiger partial charge in [-0.3, -0.25) is 0 Å². The van der Waals surface area contributed by atoms with Crippen molar-refractivity contribution in [1.29, 1.82) is 0 Å². The Morgan fingerprint density at radius 3 is 2.32 bits per heavy atom. The second-order valence-electron chi connectivity index (χ2n) is 4.77. The molecule has 0 aliphatic rings. The van der Waals surface area contributed by atoms with E-state index in [1.165, 1.54) is 12.8 Å². The Morgan fingerprint density at radius 2 is 1.74 bits per heavy atom. The molecular weight excluding hydrogens is 236 g/mol. The molecule has 2 nitrogen and oxygen atoms in total. The second-order valence-corrected chi connectivity index (χ2v) is 4.77. The van der Waals surface area contributed by atoms with E-state index in [0.717, 1.165) is 24.3 Å². The predicted molar refractivity (Wildman–Crippen MR) is 80.7 cm³/mol. The zero-order valence-electron chi connectivity index (χ0n) is 12.3. The van der Waals surface area contributed by atoms with Gasteiger partial charge in [-0.05, 0) is 24.0 Å². The van der Waals surface area contributed by atoms with Crippen LogP contribution in [0.25, 0.3) is 6.08 Å². The van der Waals surface area contributed by atoms with Crippen molar-refractivity contribution in [2.24, 2.45) is 5.92 Å². The summed E-state index contributed by atoms with van der Waals surface area (Å²) < 4.78 is 11.0. The van der Waals surface area contributed by atoms with Crippen molar-refractivity contribution >= 4 is 6.08 Å². The van der Waals surface area contributed by atoms with Gasteiger partial charge in [-0.2, -0.15) is 0 Å². The van der Waals surface area contributed by atoms with Gasteiger partial charge in [0, 0.05) is 13.5 Å². The van der Waals surface area contributed by atoms with Crippen LogP contribution in [-0.4, -0.2) is 13.4 Å². The van der Waals surface area contributed by atoms with Gasteiger partial charge in [0.1, 0.15) is 0 Å². The van der Waals surface area contributed by atoms with E-state index in [0.29, 0.717) is 0 Å². The molecule has 0 saturated heterocycles. The zero-order chi connectivity index (χ0) is 13.9. The van der Waals surface area contributed by atoms with Crippen LogP contribution in [0.15, 0.2) is 36.6 Å². The lowest BCUT2D eigenvalue weighted by molar-refractivity contribution is -0.0889. The molecule has 1 aromatic carbocycles. The Bertz CT molecular complexity index is 342. The fourth-order valence-electron chi connectivity index (χ4n) is 2.08. The molecule has 0 aliphatic heterocycles. The molecule has 1 atom stereocenters. The second kappa shape index (κ2) is 9.62. The van der Waals surface area contributed by atoms with Crippen molar-refractivity contribution in [3.8, 4) is 0 Å². The third-order valence-electron chi connectivity index (χ3n) is 3.52. The Hall–Kier alpha value is -1.28. The maximum atomic E-state index is 5.63. The van der Waals surface area contributed by atoms with Crippen LogP contribution >= 0.6 is 0 Å². The topological polar surface area (TPSA) is 18.5 Å². The number of rotatable bonds is 9. The van der Waals surface area contributed by atoms with Gasteiger partial charge in [0.05, 0.1) is 6.26 Å². The van der Waals surface area contributed by atoms with Gasteiger partial charge in [0.25, 0.3) is 0 Å². The molecule has 0 heterocycles. The van der Waals surface area contributed by atoms with Crippen LogP contribution in [0.2, 0.25) is 0 Å². The highest BCUT2D eigenvalue weighted by Gasteiger charge is 2.10. The smallest absolute Gasteiger partial charge is 0.198 e. The highest BCUT2D eigenvalue weighted by molar-refractivity contribution is 5.47.